The summed E-state index contributed by atoms with van der Waals surface area (Å²) in [6.07, 6.45) is 3.46. The minimum Gasteiger partial charge on any atom is -0.351 e. The summed E-state index contributed by atoms with van der Waals surface area (Å²) in [6, 6.07) is 15.0. The van der Waals surface area contributed by atoms with Gasteiger partial charge >= 0.3 is 0 Å². The number of nitrogens with zero attached hydrogens (tertiary/aromatic N) is 2. The van der Waals surface area contributed by atoms with E-state index in [2.05, 4.69) is 24.1 Å². The molecule has 154 valence electrons. The molecule has 1 aliphatic heterocycles. The van der Waals surface area contributed by atoms with E-state index in [0.29, 0.717) is 24.6 Å². The lowest BCUT2D eigenvalue weighted by Crippen LogP contribution is -2.48. The maximum atomic E-state index is 13.5. The lowest BCUT2D eigenvalue weighted by molar-refractivity contribution is -0.124. The van der Waals surface area contributed by atoms with Gasteiger partial charge in [0.25, 0.3) is 5.91 Å². The van der Waals surface area contributed by atoms with Crippen molar-refractivity contribution in [1.82, 2.24) is 15.2 Å². The number of benzene rings is 1. The van der Waals surface area contributed by atoms with Gasteiger partial charge in [-0.25, -0.2) is 0 Å². The molecular weight excluding hydrogens is 394 g/mol. The van der Waals surface area contributed by atoms with Crippen molar-refractivity contribution in [2.75, 3.05) is 6.54 Å². The Kier molecular flexibility index (Phi) is 5.95. The molecule has 30 heavy (non-hydrogen) atoms. The molecule has 2 amide bonds. The zero-order valence-corrected chi connectivity index (χ0v) is 17.9. The number of hydrogen-bond donors (Lipinski definition) is 1. The highest BCUT2D eigenvalue weighted by Crippen LogP contribution is 2.44. The van der Waals surface area contributed by atoms with Crippen molar-refractivity contribution in [3.8, 4) is 0 Å². The van der Waals surface area contributed by atoms with Gasteiger partial charge in [-0.1, -0.05) is 44.2 Å². The number of thiophene rings is 1. The fourth-order valence-corrected chi connectivity index (χ4v) is 4.92. The lowest BCUT2D eigenvalue weighted by Gasteiger charge is -2.42. The molecule has 1 aliphatic rings. The summed E-state index contributed by atoms with van der Waals surface area (Å²) in [6.45, 7) is 5.19. The lowest BCUT2D eigenvalue weighted by atomic mass is 9.81. The van der Waals surface area contributed by atoms with Gasteiger partial charge in [-0.3, -0.25) is 14.6 Å². The van der Waals surface area contributed by atoms with Crippen molar-refractivity contribution in [2.24, 2.45) is 5.92 Å². The SMILES string of the molecule is CC(C)CN1C(=O)c2ccccc2[C@@H](C(=O)NCc2cccnc2)[C@@H]1c1cccs1. The fraction of sp³-hybridized carbons (Fsp3) is 0.292. The molecule has 0 fully saturated rings. The van der Waals surface area contributed by atoms with Crippen molar-refractivity contribution < 1.29 is 9.59 Å². The summed E-state index contributed by atoms with van der Waals surface area (Å²) in [5.41, 5.74) is 2.36. The number of carbonyl (C=O) groups is 2. The number of pyridine rings is 1. The third-order valence-corrected chi connectivity index (χ3v) is 6.25. The molecule has 0 saturated carbocycles. The van der Waals surface area contributed by atoms with Crippen molar-refractivity contribution in [2.45, 2.75) is 32.4 Å². The molecule has 0 aliphatic carbocycles. The van der Waals surface area contributed by atoms with E-state index in [1.165, 1.54) is 0 Å². The van der Waals surface area contributed by atoms with Gasteiger partial charge in [-0.15, -0.1) is 11.3 Å². The molecule has 0 radical (unpaired) electrons. The van der Waals surface area contributed by atoms with Crippen LogP contribution in [0.2, 0.25) is 0 Å². The molecular formula is C24H25N3O2S. The van der Waals surface area contributed by atoms with Gasteiger partial charge in [0, 0.05) is 35.9 Å². The summed E-state index contributed by atoms with van der Waals surface area (Å²) in [7, 11) is 0. The van der Waals surface area contributed by atoms with Crippen LogP contribution < -0.4 is 5.32 Å². The van der Waals surface area contributed by atoms with Gasteiger partial charge in [-0.2, -0.15) is 0 Å². The third kappa shape index (κ3) is 4.00. The summed E-state index contributed by atoms with van der Waals surface area (Å²) in [4.78, 5) is 33.9. The monoisotopic (exact) mass is 419 g/mol. The van der Waals surface area contributed by atoms with E-state index in [9.17, 15) is 9.59 Å². The van der Waals surface area contributed by atoms with Crippen molar-refractivity contribution >= 4 is 23.2 Å². The van der Waals surface area contributed by atoms with Gasteiger partial charge in [0.15, 0.2) is 0 Å². The second kappa shape index (κ2) is 8.79. The Morgan fingerprint density at radius 3 is 2.70 bits per heavy atom. The molecule has 4 rings (SSSR count). The van der Waals surface area contributed by atoms with Crippen LogP contribution in [0.25, 0.3) is 0 Å². The molecule has 1 N–H and O–H groups in total. The van der Waals surface area contributed by atoms with E-state index >= 15 is 0 Å². The number of rotatable bonds is 6. The first-order valence-corrected chi connectivity index (χ1v) is 11.0. The minimum absolute atomic E-state index is 0.00555. The molecule has 3 aromatic rings. The predicted octanol–water partition coefficient (Wildman–Crippen LogP) is 4.40. The normalized spacial score (nSPS) is 18.4. The molecule has 6 heteroatoms. The highest BCUT2D eigenvalue weighted by molar-refractivity contribution is 7.10. The van der Waals surface area contributed by atoms with Gasteiger partial charge in [-0.05, 0) is 40.6 Å². The van der Waals surface area contributed by atoms with Crippen LogP contribution in [0.4, 0.5) is 0 Å². The Bertz CT molecular complexity index is 1020. The summed E-state index contributed by atoms with van der Waals surface area (Å²) in [5.74, 6) is -0.256. The van der Waals surface area contributed by atoms with Crippen LogP contribution in [0.3, 0.4) is 0 Å². The average molecular weight is 420 g/mol. The maximum absolute atomic E-state index is 13.5. The van der Waals surface area contributed by atoms with E-state index in [1.807, 2.05) is 58.8 Å². The molecule has 5 nitrogen and oxygen atoms in total. The molecule has 0 bridgehead atoms. The summed E-state index contributed by atoms with van der Waals surface area (Å²) in [5, 5.41) is 5.08. The zero-order chi connectivity index (χ0) is 21.1. The Morgan fingerprint density at radius 1 is 1.17 bits per heavy atom. The van der Waals surface area contributed by atoms with Crippen LogP contribution in [0.5, 0.6) is 0 Å². The highest BCUT2D eigenvalue weighted by Gasteiger charge is 2.44. The van der Waals surface area contributed by atoms with Gasteiger partial charge < -0.3 is 10.2 Å². The first kappa shape index (κ1) is 20.3. The zero-order valence-electron chi connectivity index (χ0n) is 17.1. The number of amides is 2. The van der Waals surface area contributed by atoms with Crippen molar-refractivity contribution in [3.63, 3.8) is 0 Å². The van der Waals surface area contributed by atoms with Crippen LogP contribution in [-0.2, 0) is 11.3 Å². The number of fused-ring (bicyclic) bond motifs is 1. The predicted molar refractivity (Wildman–Crippen MR) is 118 cm³/mol. The second-order valence-electron chi connectivity index (χ2n) is 7.96. The Balaban J connectivity index is 1.74. The number of aromatic nitrogens is 1. The molecule has 2 atom stereocenters. The summed E-state index contributed by atoms with van der Waals surface area (Å²) >= 11 is 1.59. The summed E-state index contributed by atoms with van der Waals surface area (Å²) < 4.78 is 0. The van der Waals surface area contributed by atoms with Crippen molar-refractivity contribution in [3.05, 3.63) is 87.9 Å². The molecule has 2 aromatic heterocycles. The van der Waals surface area contributed by atoms with E-state index in [1.54, 1.807) is 23.7 Å². The molecule has 0 spiro atoms. The third-order valence-electron chi connectivity index (χ3n) is 5.31. The standard InChI is InChI=1S/C24H25N3O2S/c1-16(2)15-27-22(20-10-6-12-30-20)21(18-8-3-4-9-19(18)24(27)29)23(28)26-14-17-7-5-11-25-13-17/h3-13,16,21-22H,14-15H2,1-2H3,(H,26,28)/t21-,22+/m1/s1. The Morgan fingerprint density at radius 2 is 2.00 bits per heavy atom. The van der Waals surface area contributed by atoms with Crippen LogP contribution in [0, 0.1) is 5.92 Å². The topological polar surface area (TPSA) is 62.3 Å². The highest BCUT2D eigenvalue weighted by atomic mass is 32.1. The van der Waals surface area contributed by atoms with E-state index in [4.69, 9.17) is 0 Å². The quantitative estimate of drug-likeness (QED) is 0.644. The van der Waals surface area contributed by atoms with Crippen LogP contribution in [0.1, 0.15) is 52.2 Å². The van der Waals surface area contributed by atoms with Gasteiger partial charge in [0.2, 0.25) is 5.91 Å². The molecule has 1 aromatic carbocycles. The van der Waals surface area contributed by atoms with E-state index in [0.717, 1.165) is 16.0 Å². The number of hydrogen-bond acceptors (Lipinski definition) is 4. The van der Waals surface area contributed by atoms with Crippen LogP contribution >= 0.6 is 11.3 Å². The fourth-order valence-electron chi connectivity index (χ4n) is 4.05. The first-order valence-electron chi connectivity index (χ1n) is 10.2. The van der Waals surface area contributed by atoms with Crippen LogP contribution in [-0.4, -0.2) is 28.2 Å². The average Bonchev–Trinajstić information content (AvgIpc) is 3.29. The maximum Gasteiger partial charge on any atom is 0.254 e. The number of nitrogens with one attached hydrogen (secondary N) is 1. The van der Waals surface area contributed by atoms with E-state index < -0.39 is 5.92 Å². The number of carbonyl (C=O) groups excluding carboxylic acids is 2. The van der Waals surface area contributed by atoms with Crippen molar-refractivity contribution in [1.29, 1.82) is 0 Å². The Hall–Kier alpha value is -2.99. The van der Waals surface area contributed by atoms with Gasteiger partial charge in [0.05, 0.1) is 12.0 Å². The van der Waals surface area contributed by atoms with Crippen LogP contribution in [0.15, 0.2) is 66.3 Å². The largest absolute Gasteiger partial charge is 0.351 e. The van der Waals surface area contributed by atoms with Gasteiger partial charge in [0.1, 0.15) is 0 Å². The minimum atomic E-state index is -0.465. The molecule has 3 heterocycles. The molecule has 0 unspecified atom stereocenters. The second-order valence-corrected chi connectivity index (χ2v) is 8.93. The first-order chi connectivity index (χ1) is 14.6. The smallest absolute Gasteiger partial charge is 0.254 e. The van der Waals surface area contributed by atoms with E-state index in [-0.39, 0.29) is 17.9 Å². The Labute approximate surface area is 180 Å². The molecule has 0 saturated heterocycles.